The van der Waals surface area contributed by atoms with Crippen LogP contribution < -0.4 is 10.6 Å². The number of nitro benzene ring substituents is 1. The van der Waals surface area contributed by atoms with Gasteiger partial charge >= 0.3 is 0 Å². The quantitative estimate of drug-likeness (QED) is 0.615. The lowest BCUT2D eigenvalue weighted by molar-refractivity contribution is -0.385. The molecule has 2 rings (SSSR count). The van der Waals surface area contributed by atoms with E-state index in [9.17, 15) is 14.9 Å². The maximum atomic E-state index is 11.9. The zero-order chi connectivity index (χ0) is 13.1. The smallest absolute Gasteiger partial charge is 0.282 e. The summed E-state index contributed by atoms with van der Waals surface area (Å²) in [5, 5.41) is 16.5. The van der Waals surface area contributed by atoms with Crippen LogP contribution in [-0.2, 0) is 0 Å². The highest BCUT2D eigenvalue weighted by Crippen LogP contribution is 2.28. The zero-order valence-corrected chi connectivity index (χ0v) is 10.1. The number of hydrogen-bond donors (Lipinski definition) is 2. The van der Waals surface area contributed by atoms with Crippen molar-refractivity contribution < 1.29 is 9.72 Å². The highest BCUT2D eigenvalue weighted by atomic mass is 16.6. The number of nitro groups is 1. The van der Waals surface area contributed by atoms with Gasteiger partial charge in [0, 0.05) is 25.3 Å². The molecular formula is C12H15N3O3. The van der Waals surface area contributed by atoms with Gasteiger partial charge in [-0.2, -0.15) is 0 Å². The summed E-state index contributed by atoms with van der Waals surface area (Å²) in [6.07, 6.45) is 2.25. The lowest BCUT2D eigenvalue weighted by atomic mass is 10.1. The molecule has 0 saturated heterocycles. The highest BCUT2D eigenvalue weighted by molar-refractivity contribution is 5.99. The minimum atomic E-state index is -0.536. The van der Waals surface area contributed by atoms with E-state index in [1.54, 1.807) is 13.1 Å². The number of carbonyl (C=O) groups is 1. The van der Waals surface area contributed by atoms with E-state index >= 15 is 0 Å². The van der Waals surface area contributed by atoms with E-state index in [1.165, 1.54) is 12.1 Å². The Kier molecular flexibility index (Phi) is 3.45. The third-order valence-electron chi connectivity index (χ3n) is 2.97. The molecule has 0 heterocycles. The van der Waals surface area contributed by atoms with Gasteiger partial charge in [-0.3, -0.25) is 14.9 Å². The van der Waals surface area contributed by atoms with Crippen LogP contribution in [0.15, 0.2) is 18.2 Å². The number of nitrogens with one attached hydrogen (secondary N) is 2. The van der Waals surface area contributed by atoms with Crippen LogP contribution in [-0.4, -0.2) is 24.4 Å². The minimum absolute atomic E-state index is 0.104. The van der Waals surface area contributed by atoms with Crippen LogP contribution in [0, 0.1) is 16.0 Å². The molecule has 0 spiro atoms. The number of nitrogens with zero attached hydrogens (tertiary/aromatic N) is 1. The van der Waals surface area contributed by atoms with Gasteiger partial charge in [0.25, 0.3) is 11.6 Å². The van der Waals surface area contributed by atoms with Crippen molar-refractivity contribution >= 4 is 17.3 Å². The summed E-state index contributed by atoms with van der Waals surface area (Å²) in [6.45, 7) is 0.597. The van der Waals surface area contributed by atoms with E-state index in [0.29, 0.717) is 18.2 Å². The van der Waals surface area contributed by atoms with Gasteiger partial charge < -0.3 is 10.6 Å². The van der Waals surface area contributed by atoms with Gasteiger partial charge in [-0.1, -0.05) is 0 Å². The molecule has 6 heteroatoms. The number of anilines is 1. The number of carbonyl (C=O) groups excluding carboxylic acids is 1. The van der Waals surface area contributed by atoms with Crippen molar-refractivity contribution in [1.82, 2.24) is 5.32 Å². The van der Waals surface area contributed by atoms with Crippen LogP contribution in [0.4, 0.5) is 11.4 Å². The van der Waals surface area contributed by atoms with Crippen molar-refractivity contribution in [2.45, 2.75) is 12.8 Å². The Morgan fingerprint density at radius 2 is 2.22 bits per heavy atom. The average molecular weight is 249 g/mol. The van der Waals surface area contributed by atoms with E-state index in [4.69, 9.17) is 0 Å². The van der Waals surface area contributed by atoms with Crippen LogP contribution in [0.25, 0.3) is 0 Å². The van der Waals surface area contributed by atoms with Crippen LogP contribution >= 0.6 is 0 Å². The summed E-state index contributed by atoms with van der Waals surface area (Å²) in [6, 6.07) is 4.42. The topological polar surface area (TPSA) is 84.3 Å². The van der Waals surface area contributed by atoms with E-state index in [1.807, 2.05) is 0 Å². The summed E-state index contributed by atoms with van der Waals surface area (Å²) in [4.78, 5) is 22.3. The van der Waals surface area contributed by atoms with E-state index in [2.05, 4.69) is 10.6 Å². The first-order valence-corrected chi connectivity index (χ1v) is 5.86. The SMILES string of the molecule is CNc1ccc([N+](=O)[O-])c(C(=O)NCC2CC2)c1. The molecule has 0 unspecified atom stereocenters. The first-order chi connectivity index (χ1) is 8.61. The summed E-state index contributed by atoms with van der Waals surface area (Å²) >= 11 is 0. The van der Waals surface area contributed by atoms with Crippen LogP contribution in [0.3, 0.4) is 0 Å². The predicted molar refractivity (Wildman–Crippen MR) is 67.7 cm³/mol. The first kappa shape index (κ1) is 12.3. The Bertz CT molecular complexity index is 483. The largest absolute Gasteiger partial charge is 0.388 e. The molecule has 1 amide bonds. The van der Waals surface area contributed by atoms with Crippen molar-refractivity contribution in [2.75, 3.05) is 18.9 Å². The molecule has 0 radical (unpaired) electrons. The number of benzene rings is 1. The fourth-order valence-electron chi connectivity index (χ4n) is 1.69. The molecular weight excluding hydrogens is 234 g/mol. The normalized spacial score (nSPS) is 14.1. The van der Waals surface area contributed by atoms with E-state index in [-0.39, 0.29) is 17.2 Å². The van der Waals surface area contributed by atoms with Crippen LogP contribution in [0.1, 0.15) is 23.2 Å². The lowest BCUT2D eigenvalue weighted by Crippen LogP contribution is -2.26. The monoisotopic (exact) mass is 249 g/mol. The Morgan fingerprint density at radius 1 is 1.50 bits per heavy atom. The molecule has 1 fully saturated rings. The second-order valence-corrected chi connectivity index (χ2v) is 4.39. The maximum absolute atomic E-state index is 11.9. The third-order valence-corrected chi connectivity index (χ3v) is 2.97. The molecule has 2 N–H and O–H groups in total. The predicted octanol–water partition coefficient (Wildman–Crippen LogP) is 1.78. The Hall–Kier alpha value is -2.11. The number of hydrogen-bond acceptors (Lipinski definition) is 4. The first-order valence-electron chi connectivity index (χ1n) is 5.86. The summed E-state index contributed by atoms with van der Waals surface area (Å²) in [5.41, 5.74) is 0.618. The van der Waals surface area contributed by atoms with E-state index in [0.717, 1.165) is 12.8 Å². The van der Waals surface area contributed by atoms with Gasteiger partial charge in [-0.15, -0.1) is 0 Å². The van der Waals surface area contributed by atoms with Crippen molar-refractivity contribution in [3.05, 3.63) is 33.9 Å². The fraction of sp³-hybridized carbons (Fsp3) is 0.417. The molecule has 1 aromatic rings. The molecule has 96 valence electrons. The van der Waals surface area contributed by atoms with Crippen LogP contribution in [0.5, 0.6) is 0 Å². The van der Waals surface area contributed by atoms with Gasteiger partial charge in [0.1, 0.15) is 5.56 Å². The second kappa shape index (κ2) is 5.03. The minimum Gasteiger partial charge on any atom is -0.388 e. The summed E-state index contributed by atoms with van der Waals surface area (Å²) in [5.74, 6) is 0.159. The molecule has 1 aliphatic rings. The molecule has 1 saturated carbocycles. The molecule has 1 aromatic carbocycles. The van der Waals surface area contributed by atoms with Gasteiger partial charge in [0.2, 0.25) is 0 Å². The summed E-state index contributed by atoms with van der Waals surface area (Å²) in [7, 11) is 1.70. The molecule has 0 bridgehead atoms. The fourth-order valence-corrected chi connectivity index (χ4v) is 1.69. The summed E-state index contributed by atoms with van der Waals surface area (Å²) < 4.78 is 0. The van der Waals surface area contributed by atoms with E-state index < -0.39 is 4.92 Å². The lowest BCUT2D eigenvalue weighted by Gasteiger charge is -2.07. The van der Waals surface area contributed by atoms with Crippen molar-refractivity contribution in [3.63, 3.8) is 0 Å². The van der Waals surface area contributed by atoms with Gasteiger partial charge in [0.05, 0.1) is 4.92 Å². The number of rotatable bonds is 5. The molecule has 0 atom stereocenters. The molecule has 18 heavy (non-hydrogen) atoms. The van der Waals surface area contributed by atoms with Crippen molar-refractivity contribution in [1.29, 1.82) is 0 Å². The maximum Gasteiger partial charge on any atom is 0.282 e. The molecule has 6 nitrogen and oxygen atoms in total. The molecule has 1 aliphatic carbocycles. The molecule has 0 aliphatic heterocycles. The Morgan fingerprint density at radius 3 is 2.78 bits per heavy atom. The third kappa shape index (κ3) is 2.77. The Labute approximate surface area is 105 Å². The number of amides is 1. The van der Waals surface area contributed by atoms with Crippen molar-refractivity contribution in [3.8, 4) is 0 Å². The van der Waals surface area contributed by atoms with Crippen molar-refractivity contribution in [2.24, 2.45) is 5.92 Å². The second-order valence-electron chi connectivity index (χ2n) is 4.39. The standard InChI is InChI=1S/C12H15N3O3/c1-13-9-4-5-11(15(17)18)10(6-9)12(16)14-7-8-2-3-8/h4-6,8,13H,2-3,7H2,1H3,(H,14,16). The van der Waals surface area contributed by atoms with Crippen LogP contribution in [0.2, 0.25) is 0 Å². The van der Waals surface area contributed by atoms with Gasteiger partial charge in [-0.25, -0.2) is 0 Å². The van der Waals surface area contributed by atoms with Gasteiger partial charge in [0.15, 0.2) is 0 Å². The average Bonchev–Trinajstić information content (AvgIpc) is 3.19. The molecule has 0 aromatic heterocycles. The zero-order valence-electron chi connectivity index (χ0n) is 10.1. The highest BCUT2D eigenvalue weighted by Gasteiger charge is 2.24. The Balaban J connectivity index is 2.20. The van der Waals surface area contributed by atoms with Gasteiger partial charge in [-0.05, 0) is 30.9 Å².